The molecule has 0 bridgehead atoms. The van der Waals surface area contributed by atoms with Gasteiger partial charge in [-0.3, -0.25) is 4.98 Å². The highest BCUT2D eigenvalue weighted by atomic mass is 19.1. The first-order valence-corrected chi connectivity index (χ1v) is 9.03. The predicted octanol–water partition coefficient (Wildman–Crippen LogP) is 5.05. The summed E-state index contributed by atoms with van der Waals surface area (Å²) in [5.74, 6) is 1.62. The van der Waals surface area contributed by atoms with Gasteiger partial charge in [0, 0.05) is 18.2 Å². The molecule has 128 valence electrons. The zero-order chi connectivity index (χ0) is 16.8. The molecule has 0 amide bonds. The van der Waals surface area contributed by atoms with Crippen LogP contribution in [0, 0.1) is 11.7 Å². The summed E-state index contributed by atoms with van der Waals surface area (Å²) in [5.41, 5.74) is 2.50. The van der Waals surface area contributed by atoms with Gasteiger partial charge in [-0.15, -0.1) is 0 Å². The first kappa shape index (κ1) is 17.1. The molecule has 2 aliphatic rings. The Balaban J connectivity index is 0.000000290. The molecule has 0 atom stereocenters. The summed E-state index contributed by atoms with van der Waals surface area (Å²) in [6.45, 7) is 0.417. The number of aliphatic hydroxyl groups is 1. The molecule has 0 spiro atoms. The zero-order valence-electron chi connectivity index (χ0n) is 14.1. The van der Waals surface area contributed by atoms with Crippen LogP contribution in [0.15, 0.2) is 48.7 Å². The Bertz CT molecular complexity index is 601. The molecule has 0 radical (unpaired) electrons. The molecule has 0 unspecified atom stereocenters. The van der Waals surface area contributed by atoms with E-state index in [0.717, 1.165) is 18.5 Å². The molecule has 1 aromatic heterocycles. The van der Waals surface area contributed by atoms with E-state index in [2.05, 4.69) is 35.3 Å². The largest absolute Gasteiger partial charge is 0.396 e. The Hall–Kier alpha value is -1.74. The minimum atomic E-state index is -0.248. The number of aromatic nitrogens is 1. The van der Waals surface area contributed by atoms with Crippen LogP contribution < -0.4 is 0 Å². The average molecular weight is 327 g/mol. The van der Waals surface area contributed by atoms with E-state index < -0.39 is 0 Å². The highest BCUT2D eigenvalue weighted by Gasteiger charge is 2.24. The highest BCUT2D eigenvalue weighted by molar-refractivity contribution is 5.21. The summed E-state index contributed by atoms with van der Waals surface area (Å²) in [7, 11) is 0. The number of hydrogen-bond donors (Lipinski definition) is 1. The lowest BCUT2D eigenvalue weighted by Gasteiger charge is -2.28. The van der Waals surface area contributed by atoms with E-state index in [9.17, 15) is 4.39 Å². The summed E-state index contributed by atoms with van der Waals surface area (Å²) in [6.07, 6.45) is 8.56. The summed E-state index contributed by atoms with van der Waals surface area (Å²) in [6, 6.07) is 14.1. The van der Waals surface area contributed by atoms with Gasteiger partial charge in [0.25, 0.3) is 0 Å². The third kappa shape index (κ3) is 4.88. The monoisotopic (exact) mass is 327 g/mol. The molecule has 3 heteroatoms. The van der Waals surface area contributed by atoms with Crippen molar-refractivity contribution in [3.8, 4) is 0 Å². The van der Waals surface area contributed by atoms with Crippen LogP contribution in [0.3, 0.4) is 0 Å². The van der Waals surface area contributed by atoms with Gasteiger partial charge in [0.1, 0.15) is 5.82 Å². The van der Waals surface area contributed by atoms with E-state index in [4.69, 9.17) is 5.11 Å². The lowest BCUT2D eigenvalue weighted by molar-refractivity contribution is 0.277. The van der Waals surface area contributed by atoms with Gasteiger partial charge in [0.05, 0.1) is 6.20 Å². The number of aliphatic hydroxyl groups excluding tert-OH is 1. The normalized spacial score (nSPS) is 23.2. The van der Waals surface area contributed by atoms with Gasteiger partial charge >= 0.3 is 0 Å². The van der Waals surface area contributed by atoms with Crippen LogP contribution in [0.1, 0.15) is 61.6 Å². The van der Waals surface area contributed by atoms with Crippen molar-refractivity contribution in [2.24, 2.45) is 5.92 Å². The number of pyridine rings is 1. The Morgan fingerprint density at radius 1 is 0.875 bits per heavy atom. The lowest BCUT2D eigenvalue weighted by Crippen LogP contribution is -2.13. The molecule has 1 N–H and O–H groups in total. The molecular formula is C21H26FNO. The molecule has 2 nitrogen and oxygen atoms in total. The van der Waals surface area contributed by atoms with E-state index in [1.807, 2.05) is 6.07 Å². The van der Waals surface area contributed by atoms with E-state index in [-0.39, 0.29) is 5.82 Å². The SMILES string of the molecule is Fc1ccc(C2CCC(c3ccccc3)CC2)nc1.OCC1CC1. The second kappa shape index (κ2) is 8.39. The first-order chi connectivity index (χ1) is 11.8. The Kier molecular flexibility index (Phi) is 5.97. The molecule has 1 heterocycles. The quantitative estimate of drug-likeness (QED) is 0.855. The highest BCUT2D eigenvalue weighted by Crippen LogP contribution is 2.39. The maximum Gasteiger partial charge on any atom is 0.141 e. The maximum absolute atomic E-state index is 12.9. The standard InChI is InChI=1S/C17H18FN.C4H8O/c18-16-10-11-17(19-12-16)15-8-6-14(7-9-15)13-4-2-1-3-5-13;5-3-4-1-2-4/h1-5,10-12,14-15H,6-9H2;4-5H,1-3H2. The molecule has 2 saturated carbocycles. The van der Waals surface area contributed by atoms with Gasteiger partial charge in [0.15, 0.2) is 0 Å². The molecule has 2 fully saturated rings. The first-order valence-electron chi connectivity index (χ1n) is 9.03. The van der Waals surface area contributed by atoms with Crippen molar-refractivity contribution in [1.82, 2.24) is 4.98 Å². The van der Waals surface area contributed by atoms with E-state index in [0.29, 0.717) is 24.4 Å². The number of halogens is 1. The fourth-order valence-corrected chi connectivity index (χ4v) is 3.38. The van der Waals surface area contributed by atoms with Crippen molar-refractivity contribution >= 4 is 0 Å². The van der Waals surface area contributed by atoms with Crippen LogP contribution in [-0.2, 0) is 0 Å². The van der Waals surface area contributed by atoms with E-state index in [1.54, 1.807) is 0 Å². The van der Waals surface area contributed by atoms with Crippen LogP contribution >= 0.6 is 0 Å². The van der Waals surface area contributed by atoms with Crippen LogP contribution in [0.4, 0.5) is 4.39 Å². The second-order valence-electron chi connectivity index (χ2n) is 6.99. The lowest BCUT2D eigenvalue weighted by atomic mass is 9.77. The summed E-state index contributed by atoms with van der Waals surface area (Å²) >= 11 is 0. The minimum absolute atomic E-state index is 0.248. The van der Waals surface area contributed by atoms with Gasteiger partial charge in [-0.1, -0.05) is 30.3 Å². The van der Waals surface area contributed by atoms with Crippen molar-refractivity contribution in [2.45, 2.75) is 50.4 Å². The fourth-order valence-electron chi connectivity index (χ4n) is 3.38. The Morgan fingerprint density at radius 3 is 2.04 bits per heavy atom. The summed E-state index contributed by atoms with van der Waals surface area (Å²) in [4.78, 5) is 4.22. The van der Waals surface area contributed by atoms with Crippen molar-refractivity contribution in [1.29, 1.82) is 0 Å². The third-order valence-corrected chi connectivity index (χ3v) is 5.12. The van der Waals surface area contributed by atoms with Gasteiger partial charge in [0.2, 0.25) is 0 Å². The molecule has 2 aliphatic carbocycles. The smallest absolute Gasteiger partial charge is 0.141 e. The number of nitrogens with zero attached hydrogens (tertiary/aromatic N) is 1. The Morgan fingerprint density at radius 2 is 1.54 bits per heavy atom. The second-order valence-corrected chi connectivity index (χ2v) is 6.99. The predicted molar refractivity (Wildman–Crippen MR) is 94.4 cm³/mol. The van der Waals surface area contributed by atoms with Crippen LogP contribution in [0.5, 0.6) is 0 Å². The fraction of sp³-hybridized carbons (Fsp3) is 0.476. The van der Waals surface area contributed by atoms with Gasteiger partial charge in [-0.2, -0.15) is 0 Å². The van der Waals surface area contributed by atoms with Crippen LogP contribution in [0.2, 0.25) is 0 Å². The van der Waals surface area contributed by atoms with Crippen molar-refractivity contribution < 1.29 is 9.50 Å². The number of hydrogen-bond acceptors (Lipinski definition) is 2. The molecule has 0 saturated heterocycles. The van der Waals surface area contributed by atoms with E-state index >= 15 is 0 Å². The molecule has 2 aromatic rings. The molecule has 24 heavy (non-hydrogen) atoms. The topological polar surface area (TPSA) is 33.1 Å². The van der Waals surface area contributed by atoms with Gasteiger partial charge in [-0.05, 0) is 68.1 Å². The van der Waals surface area contributed by atoms with E-state index in [1.165, 1.54) is 43.5 Å². The van der Waals surface area contributed by atoms with Gasteiger partial charge in [-0.25, -0.2) is 4.39 Å². The van der Waals surface area contributed by atoms with Crippen molar-refractivity contribution in [2.75, 3.05) is 6.61 Å². The molecule has 0 aliphatic heterocycles. The zero-order valence-corrected chi connectivity index (χ0v) is 14.1. The minimum Gasteiger partial charge on any atom is -0.396 e. The number of benzene rings is 1. The third-order valence-electron chi connectivity index (χ3n) is 5.12. The summed E-state index contributed by atoms with van der Waals surface area (Å²) < 4.78 is 12.9. The number of rotatable bonds is 3. The molecule has 1 aromatic carbocycles. The van der Waals surface area contributed by atoms with Crippen molar-refractivity contribution in [3.05, 3.63) is 65.7 Å². The van der Waals surface area contributed by atoms with Crippen LogP contribution in [0.25, 0.3) is 0 Å². The molecular weight excluding hydrogens is 301 g/mol. The Labute approximate surface area is 143 Å². The van der Waals surface area contributed by atoms with Crippen molar-refractivity contribution in [3.63, 3.8) is 0 Å². The van der Waals surface area contributed by atoms with Gasteiger partial charge < -0.3 is 5.11 Å². The molecule has 4 rings (SSSR count). The maximum atomic E-state index is 12.9. The van der Waals surface area contributed by atoms with Crippen LogP contribution in [-0.4, -0.2) is 16.7 Å². The average Bonchev–Trinajstić information content (AvgIpc) is 3.48. The summed E-state index contributed by atoms with van der Waals surface area (Å²) in [5, 5.41) is 8.21.